The third kappa shape index (κ3) is 7.97. The molecule has 1 aromatic rings. The lowest BCUT2D eigenvalue weighted by molar-refractivity contribution is 0.0732. The van der Waals surface area contributed by atoms with E-state index in [4.69, 9.17) is 4.74 Å². The van der Waals surface area contributed by atoms with Crippen LogP contribution in [-0.4, -0.2) is 47.2 Å². The van der Waals surface area contributed by atoms with Gasteiger partial charge in [-0.1, -0.05) is 24.6 Å². The zero-order chi connectivity index (χ0) is 21.5. The largest absolute Gasteiger partial charge is 0.385 e. The Morgan fingerprint density at radius 3 is 2.40 bits per heavy atom. The van der Waals surface area contributed by atoms with Crippen molar-refractivity contribution in [2.75, 3.05) is 27.3 Å². The van der Waals surface area contributed by atoms with Gasteiger partial charge in [0.05, 0.1) is 4.90 Å². The van der Waals surface area contributed by atoms with Crippen LogP contribution in [0.15, 0.2) is 34.2 Å². The number of hydrogen-bond donors (Lipinski definition) is 3. The first-order chi connectivity index (χ1) is 13.6. The fraction of sp³-hybridized carbons (Fsp3) is 0.667. The van der Waals surface area contributed by atoms with E-state index in [-0.39, 0.29) is 34.3 Å². The standard InChI is InChI=1S/C21H36N4O3S.HI/c1-20(2,3)25-29(26,27)18-10-7-6-9-17(18)15-23-19(22-4)24-16-21(11-8-12-21)13-14-28-5;/h6-7,9-10,25H,8,11-16H2,1-5H3,(H2,22,23,24);1H. The van der Waals surface area contributed by atoms with Crippen molar-refractivity contribution >= 4 is 40.0 Å². The molecule has 0 aliphatic heterocycles. The number of nitrogens with one attached hydrogen (secondary N) is 3. The highest BCUT2D eigenvalue weighted by Crippen LogP contribution is 2.43. The van der Waals surface area contributed by atoms with Crippen LogP contribution >= 0.6 is 24.0 Å². The van der Waals surface area contributed by atoms with Crippen molar-refractivity contribution in [3.63, 3.8) is 0 Å². The van der Waals surface area contributed by atoms with E-state index in [0.29, 0.717) is 18.1 Å². The molecule has 0 unspecified atom stereocenters. The van der Waals surface area contributed by atoms with Crippen LogP contribution in [0.25, 0.3) is 0 Å². The molecule has 0 saturated heterocycles. The highest BCUT2D eigenvalue weighted by Gasteiger charge is 2.36. The number of rotatable bonds is 9. The lowest BCUT2D eigenvalue weighted by Crippen LogP contribution is -2.46. The van der Waals surface area contributed by atoms with Gasteiger partial charge in [0.15, 0.2) is 5.96 Å². The van der Waals surface area contributed by atoms with Crippen molar-refractivity contribution in [2.24, 2.45) is 10.4 Å². The minimum atomic E-state index is -3.61. The summed E-state index contributed by atoms with van der Waals surface area (Å²) in [5.41, 5.74) is 0.423. The van der Waals surface area contributed by atoms with E-state index in [1.165, 1.54) is 19.3 Å². The third-order valence-electron chi connectivity index (χ3n) is 5.25. The number of methoxy groups -OCH3 is 1. The minimum absolute atomic E-state index is 0. The Kier molecular flexibility index (Phi) is 10.5. The molecule has 0 radical (unpaired) electrons. The van der Waals surface area contributed by atoms with E-state index in [9.17, 15) is 8.42 Å². The smallest absolute Gasteiger partial charge is 0.241 e. The summed E-state index contributed by atoms with van der Waals surface area (Å²) < 4.78 is 33.6. The number of ether oxygens (including phenoxy) is 1. The van der Waals surface area contributed by atoms with Crippen LogP contribution in [-0.2, 0) is 21.3 Å². The average Bonchev–Trinajstić information content (AvgIpc) is 2.61. The first kappa shape index (κ1) is 27.1. The molecular weight excluding hydrogens is 515 g/mol. The molecule has 1 aliphatic rings. The van der Waals surface area contributed by atoms with Crippen LogP contribution in [0.2, 0.25) is 0 Å². The molecule has 0 bridgehead atoms. The van der Waals surface area contributed by atoms with Crippen LogP contribution in [0.4, 0.5) is 0 Å². The molecule has 0 spiro atoms. The quantitative estimate of drug-likeness (QED) is 0.249. The summed E-state index contributed by atoms with van der Waals surface area (Å²) in [5, 5.41) is 6.66. The number of sulfonamides is 1. The predicted molar refractivity (Wildman–Crippen MR) is 133 cm³/mol. The average molecular weight is 553 g/mol. The highest BCUT2D eigenvalue weighted by molar-refractivity contribution is 14.0. The maximum atomic E-state index is 12.8. The summed E-state index contributed by atoms with van der Waals surface area (Å²) in [4.78, 5) is 4.58. The van der Waals surface area contributed by atoms with Gasteiger partial charge in [0, 0.05) is 39.4 Å². The summed E-state index contributed by atoms with van der Waals surface area (Å²) >= 11 is 0. The number of guanidine groups is 1. The topological polar surface area (TPSA) is 91.8 Å². The summed E-state index contributed by atoms with van der Waals surface area (Å²) in [7, 11) is -0.148. The SMILES string of the molecule is CN=C(NCc1ccccc1S(=O)(=O)NC(C)(C)C)NCC1(CCOC)CCC1.I. The Bertz CT molecular complexity index is 803. The Labute approximate surface area is 198 Å². The molecule has 0 amide bonds. The second-order valence-electron chi connectivity index (χ2n) is 8.84. The monoisotopic (exact) mass is 552 g/mol. The number of aliphatic imine (C=N–C) groups is 1. The van der Waals surface area contributed by atoms with Crippen LogP contribution in [0.5, 0.6) is 0 Å². The highest BCUT2D eigenvalue weighted by atomic mass is 127. The van der Waals surface area contributed by atoms with Gasteiger partial charge in [-0.25, -0.2) is 13.1 Å². The molecule has 9 heteroatoms. The van der Waals surface area contributed by atoms with Gasteiger partial charge < -0.3 is 15.4 Å². The lowest BCUT2D eigenvalue weighted by atomic mass is 9.67. The van der Waals surface area contributed by atoms with Crippen molar-refractivity contribution in [1.29, 1.82) is 0 Å². The Morgan fingerprint density at radius 2 is 1.87 bits per heavy atom. The maximum absolute atomic E-state index is 12.8. The van der Waals surface area contributed by atoms with Gasteiger partial charge in [0.25, 0.3) is 0 Å². The van der Waals surface area contributed by atoms with Crippen molar-refractivity contribution in [3.05, 3.63) is 29.8 Å². The van der Waals surface area contributed by atoms with Crippen molar-refractivity contribution in [3.8, 4) is 0 Å². The molecule has 1 aromatic carbocycles. The van der Waals surface area contributed by atoms with Crippen molar-refractivity contribution in [2.45, 2.75) is 63.4 Å². The normalized spacial score (nSPS) is 16.4. The van der Waals surface area contributed by atoms with E-state index in [1.54, 1.807) is 26.3 Å². The zero-order valence-electron chi connectivity index (χ0n) is 18.7. The number of halogens is 1. The maximum Gasteiger partial charge on any atom is 0.241 e. The minimum Gasteiger partial charge on any atom is -0.385 e. The molecule has 0 heterocycles. The molecule has 0 atom stereocenters. The summed E-state index contributed by atoms with van der Waals surface area (Å²) in [5.74, 6) is 0.671. The van der Waals surface area contributed by atoms with Crippen LogP contribution in [0.1, 0.15) is 52.0 Å². The van der Waals surface area contributed by atoms with Crippen LogP contribution in [0.3, 0.4) is 0 Å². The molecule has 1 fully saturated rings. The summed E-state index contributed by atoms with van der Waals surface area (Å²) in [6.07, 6.45) is 4.68. The summed E-state index contributed by atoms with van der Waals surface area (Å²) in [6, 6.07) is 7.04. The Balaban J connectivity index is 0.00000450. The van der Waals surface area contributed by atoms with Crippen LogP contribution < -0.4 is 15.4 Å². The molecule has 30 heavy (non-hydrogen) atoms. The van der Waals surface area contributed by atoms with Crippen molar-refractivity contribution in [1.82, 2.24) is 15.4 Å². The number of benzene rings is 1. The van der Waals surface area contributed by atoms with E-state index in [2.05, 4.69) is 20.3 Å². The first-order valence-electron chi connectivity index (χ1n) is 10.2. The second-order valence-corrected chi connectivity index (χ2v) is 10.5. The zero-order valence-corrected chi connectivity index (χ0v) is 21.9. The molecule has 1 aliphatic carbocycles. The molecule has 172 valence electrons. The van der Waals surface area contributed by atoms with Crippen molar-refractivity contribution < 1.29 is 13.2 Å². The third-order valence-corrected chi connectivity index (χ3v) is 7.11. The fourth-order valence-corrected chi connectivity index (χ4v) is 5.21. The first-order valence-corrected chi connectivity index (χ1v) is 11.6. The molecule has 7 nitrogen and oxygen atoms in total. The van der Waals surface area contributed by atoms with E-state index in [1.807, 2.05) is 32.9 Å². The summed E-state index contributed by atoms with van der Waals surface area (Å²) in [6.45, 7) is 7.46. The Morgan fingerprint density at radius 1 is 1.20 bits per heavy atom. The Hall–Kier alpha value is -0.910. The van der Waals surface area contributed by atoms with Gasteiger partial charge >= 0.3 is 0 Å². The molecule has 0 aromatic heterocycles. The fourth-order valence-electron chi connectivity index (χ4n) is 3.55. The van der Waals surface area contributed by atoms with Gasteiger partial charge in [-0.05, 0) is 57.1 Å². The van der Waals surface area contributed by atoms with E-state index in [0.717, 1.165) is 19.6 Å². The van der Waals surface area contributed by atoms with Crippen LogP contribution in [0, 0.1) is 5.41 Å². The van der Waals surface area contributed by atoms with Gasteiger partial charge in [-0.15, -0.1) is 24.0 Å². The molecule has 2 rings (SSSR count). The molecule has 1 saturated carbocycles. The second kappa shape index (κ2) is 11.6. The van der Waals surface area contributed by atoms with Gasteiger partial charge in [0.2, 0.25) is 10.0 Å². The predicted octanol–water partition coefficient (Wildman–Crippen LogP) is 3.25. The van der Waals surface area contributed by atoms with Gasteiger partial charge in [-0.2, -0.15) is 0 Å². The van der Waals surface area contributed by atoms with E-state index < -0.39 is 15.6 Å². The number of hydrogen-bond acceptors (Lipinski definition) is 4. The van der Waals surface area contributed by atoms with E-state index >= 15 is 0 Å². The number of nitrogens with zero attached hydrogens (tertiary/aromatic N) is 1. The van der Waals surface area contributed by atoms with Gasteiger partial charge in [0.1, 0.15) is 0 Å². The molecular formula is C21H37IN4O3S. The van der Waals surface area contributed by atoms with Gasteiger partial charge in [-0.3, -0.25) is 4.99 Å². The molecule has 3 N–H and O–H groups in total. The lowest BCUT2D eigenvalue weighted by Gasteiger charge is -2.42.